The third-order valence-corrected chi connectivity index (χ3v) is 6.66. The van der Waals surface area contributed by atoms with Crippen molar-refractivity contribution >= 4 is 39.3 Å². The molecular weight excluding hydrogens is 558 g/mol. The molecule has 0 N–H and O–H groups in total. The minimum atomic E-state index is -0.561. The van der Waals surface area contributed by atoms with Crippen LogP contribution >= 0.6 is 27.5 Å². The summed E-state index contributed by atoms with van der Waals surface area (Å²) in [5.41, 5.74) is 1.11. The Kier molecular flexibility index (Phi) is 9.72. The number of nitrogens with zero attached hydrogens (tertiary/aromatic N) is 3. The molecule has 1 aliphatic rings. The molecule has 0 atom stereocenters. The fourth-order valence-electron chi connectivity index (χ4n) is 3.92. The Bertz CT molecular complexity index is 1330. The average Bonchev–Trinajstić information content (AvgIpc) is 2.88. The van der Waals surface area contributed by atoms with E-state index in [1.165, 1.54) is 4.90 Å². The number of amides is 2. The minimum Gasteiger partial charge on any atom is -0.483 e. The molecule has 1 aromatic carbocycles. The third-order valence-electron chi connectivity index (χ3n) is 5.82. The number of allylic oxidation sites excluding steroid dienone is 3. The van der Waals surface area contributed by atoms with Gasteiger partial charge in [-0.2, -0.15) is 0 Å². The molecule has 2 aromatic rings. The Morgan fingerprint density at radius 1 is 1.24 bits per heavy atom. The number of rotatable bonds is 10. The lowest BCUT2D eigenvalue weighted by atomic mass is 10.1. The molecule has 0 fully saturated rings. The van der Waals surface area contributed by atoms with Crippen LogP contribution in [0, 0.1) is 0 Å². The topological polar surface area (TPSA) is 71.8 Å². The van der Waals surface area contributed by atoms with Gasteiger partial charge in [-0.15, -0.1) is 0 Å². The molecule has 0 bridgehead atoms. The van der Waals surface area contributed by atoms with Gasteiger partial charge in [0, 0.05) is 38.3 Å². The maximum absolute atomic E-state index is 13.8. The zero-order chi connectivity index (χ0) is 27.1. The van der Waals surface area contributed by atoms with Crippen LogP contribution in [0.4, 0.5) is 0 Å². The van der Waals surface area contributed by atoms with Gasteiger partial charge in [0.1, 0.15) is 12.3 Å². The summed E-state index contributed by atoms with van der Waals surface area (Å²) < 4.78 is 7.60. The normalized spacial score (nSPS) is 13.5. The molecule has 0 aliphatic carbocycles. The van der Waals surface area contributed by atoms with E-state index in [4.69, 9.17) is 16.3 Å². The van der Waals surface area contributed by atoms with Crippen LogP contribution in [0.2, 0.25) is 0 Å². The van der Waals surface area contributed by atoms with Crippen LogP contribution in [0.3, 0.4) is 0 Å². The summed E-state index contributed by atoms with van der Waals surface area (Å²) in [7, 11) is 1.64. The predicted octanol–water partition coefficient (Wildman–Crippen LogP) is 5.16. The fraction of sp³-hybridized carbons (Fsp3) is 0.250. The number of carbonyl (C=O) groups excluding carboxylic acids is 2. The van der Waals surface area contributed by atoms with E-state index >= 15 is 0 Å². The molecule has 0 spiro atoms. The van der Waals surface area contributed by atoms with E-state index in [-0.39, 0.29) is 47.2 Å². The predicted molar refractivity (Wildman–Crippen MR) is 150 cm³/mol. The molecule has 0 radical (unpaired) electrons. The number of ether oxygens (including phenoxy) is 1. The molecule has 9 heteroatoms. The zero-order valence-corrected chi connectivity index (χ0v) is 23.2. The number of hydrogen-bond donors (Lipinski definition) is 0. The molecule has 7 nitrogen and oxygen atoms in total. The van der Waals surface area contributed by atoms with E-state index in [1.54, 1.807) is 28.7 Å². The summed E-state index contributed by atoms with van der Waals surface area (Å²) in [5.74, 6) is -0.926. The molecule has 0 saturated heterocycles. The first-order valence-electron chi connectivity index (χ1n) is 11.7. The second kappa shape index (κ2) is 12.7. The Hall–Kier alpha value is -3.36. The van der Waals surface area contributed by atoms with Crippen LogP contribution in [0.1, 0.15) is 33.5 Å². The zero-order valence-electron chi connectivity index (χ0n) is 20.9. The highest BCUT2D eigenvalue weighted by Gasteiger charge is 2.35. The van der Waals surface area contributed by atoms with Gasteiger partial charge in [-0.05, 0) is 40.1 Å². The molecule has 2 heterocycles. The van der Waals surface area contributed by atoms with Crippen molar-refractivity contribution in [2.45, 2.75) is 20.1 Å². The van der Waals surface area contributed by atoms with Crippen LogP contribution in [0.25, 0.3) is 0 Å². The number of halogens is 2. The van der Waals surface area contributed by atoms with E-state index in [0.717, 1.165) is 5.56 Å². The molecule has 194 valence electrons. The van der Waals surface area contributed by atoms with Crippen LogP contribution in [-0.4, -0.2) is 52.9 Å². The Balaban J connectivity index is 2.13. The van der Waals surface area contributed by atoms with Gasteiger partial charge >= 0.3 is 0 Å². The first-order valence-corrected chi connectivity index (χ1v) is 12.8. The first kappa shape index (κ1) is 28.2. The quantitative estimate of drug-likeness (QED) is 0.285. The summed E-state index contributed by atoms with van der Waals surface area (Å²) in [6.07, 6.45) is 6.90. The lowest BCUT2D eigenvalue weighted by molar-refractivity contribution is 0.0700. The van der Waals surface area contributed by atoms with Gasteiger partial charge in [0.15, 0.2) is 11.4 Å². The van der Waals surface area contributed by atoms with Gasteiger partial charge < -0.3 is 19.1 Å². The Morgan fingerprint density at radius 3 is 2.57 bits per heavy atom. The highest BCUT2D eigenvalue weighted by atomic mass is 79.9. The summed E-state index contributed by atoms with van der Waals surface area (Å²) in [6, 6.07) is 9.33. The molecule has 2 amide bonds. The van der Waals surface area contributed by atoms with Crippen molar-refractivity contribution in [3.8, 4) is 5.75 Å². The van der Waals surface area contributed by atoms with Crippen molar-refractivity contribution in [3.05, 3.63) is 110 Å². The summed E-state index contributed by atoms with van der Waals surface area (Å²) in [6.45, 7) is 10.6. The minimum absolute atomic E-state index is 0.0336. The summed E-state index contributed by atoms with van der Waals surface area (Å²) in [4.78, 5) is 43.8. The SMILES string of the molecule is C=CC(=CC(=C)Cl)CN1CCn2c(C(=O)N(C)CC=CC)c(Br)c(=O)c(OCc3ccccc3)c2C1=O. The van der Waals surface area contributed by atoms with Gasteiger partial charge in [0.25, 0.3) is 11.8 Å². The summed E-state index contributed by atoms with van der Waals surface area (Å²) in [5, 5.41) is 0.309. The Morgan fingerprint density at radius 2 is 1.95 bits per heavy atom. The molecule has 0 saturated carbocycles. The largest absolute Gasteiger partial charge is 0.483 e. The number of aromatic nitrogens is 1. The monoisotopic (exact) mass is 585 g/mol. The summed E-state index contributed by atoms with van der Waals surface area (Å²) >= 11 is 9.27. The number of hydrogen-bond acceptors (Lipinski definition) is 4. The second-order valence-corrected chi connectivity index (χ2v) is 9.73. The third kappa shape index (κ3) is 6.50. The van der Waals surface area contributed by atoms with Gasteiger partial charge in [-0.3, -0.25) is 14.4 Å². The number of carbonyl (C=O) groups is 2. The van der Waals surface area contributed by atoms with Gasteiger partial charge in [-0.1, -0.05) is 73.3 Å². The highest BCUT2D eigenvalue weighted by molar-refractivity contribution is 9.10. The number of benzene rings is 1. The highest BCUT2D eigenvalue weighted by Crippen LogP contribution is 2.29. The molecule has 37 heavy (non-hydrogen) atoms. The molecule has 0 unspecified atom stereocenters. The number of fused-ring (bicyclic) bond motifs is 1. The van der Waals surface area contributed by atoms with Crippen molar-refractivity contribution in [2.75, 3.05) is 26.7 Å². The van der Waals surface area contributed by atoms with Crippen molar-refractivity contribution in [1.29, 1.82) is 0 Å². The van der Waals surface area contributed by atoms with Gasteiger partial charge in [0.2, 0.25) is 5.43 Å². The lowest BCUT2D eigenvalue weighted by Crippen LogP contribution is -2.45. The van der Waals surface area contributed by atoms with Gasteiger partial charge in [0.05, 0.1) is 4.47 Å². The van der Waals surface area contributed by atoms with Crippen molar-refractivity contribution in [3.63, 3.8) is 0 Å². The van der Waals surface area contributed by atoms with E-state index in [2.05, 4.69) is 29.1 Å². The maximum Gasteiger partial charge on any atom is 0.274 e. The van der Waals surface area contributed by atoms with E-state index in [9.17, 15) is 14.4 Å². The molecule has 1 aliphatic heterocycles. The van der Waals surface area contributed by atoms with Crippen molar-refractivity contribution < 1.29 is 14.3 Å². The maximum atomic E-state index is 13.8. The fourth-order valence-corrected chi connectivity index (χ4v) is 4.62. The van der Waals surface area contributed by atoms with Gasteiger partial charge in [-0.25, -0.2) is 0 Å². The average molecular weight is 587 g/mol. The van der Waals surface area contributed by atoms with E-state index in [1.807, 2.05) is 49.4 Å². The number of pyridine rings is 1. The van der Waals surface area contributed by atoms with Crippen LogP contribution in [-0.2, 0) is 13.2 Å². The molecule has 1 aromatic heterocycles. The Labute approximate surface area is 230 Å². The second-order valence-electron chi connectivity index (χ2n) is 8.45. The van der Waals surface area contributed by atoms with E-state index in [0.29, 0.717) is 23.7 Å². The van der Waals surface area contributed by atoms with E-state index < -0.39 is 11.3 Å². The molecule has 3 rings (SSSR count). The standard InChI is InChI=1S/C28H29BrClN3O4/c1-5-7-13-31(4)27(35)23-22(29)25(34)26(37-18-21-11-9-8-10-12-21)24-28(36)32(14-15-33(23)24)17-20(6-2)16-19(3)30/h5-12,16H,2-3,13-15,17-18H2,1,4H3. The van der Waals surface area contributed by atoms with Crippen molar-refractivity contribution in [2.24, 2.45) is 0 Å². The lowest BCUT2D eigenvalue weighted by Gasteiger charge is -2.33. The smallest absolute Gasteiger partial charge is 0.274 e. The number of likely N-dealkylation sites (N-methyl/N-ethyl adjacent to an activating group) is 1. The van der Waals surface area contributed by atoms with Crippen LogP contribution < -0.4 is 10.2 Å². The first-order chi connectivity index (χ1) is 17.7. The molecular formula is C28H29BrClN3O4. The van der Waals surface area contributed by atoms with Crippen molar-refractivity contribution in [1.82, 2.24) is 14.4 Å². The van der Waals surface area contributed by atoms with Crippen LogP contribution in [0.15, 0.2) is 87.7 Å². The van der Waals surface area contributed by atoms with Crippen LogP contribution in [0.5, 0.6) is 5.75 Å².